The molecule has 9 heteroatoms. The van der Waals surface area contributed by atoms with Crippen LogP contribution >= 0.6 is 0 Å². The van der Waals surface area contributed by atoms with Crippen LogP contribution in [0.3, 0.4) is 0 Å². The van der Waals surface area contributed by atoms with Crippen LogP contribution < -0.4 is 10.0 Å². The van der Waals surface area contributed by atoms with Gasteiger partial charge in [-0.2, -0.15) is 0 Å². The molecule has 0 fully saturated rings. The maximum absolute atomic E-state index is 11.5. The van der Waals surface area contributed by atoms with Crippen LogP contribution in [0.5, 0.6) is 0 Å². The zero-order valence-corrected chi connectivity index (χ0v) is 12.1. The Morgan fingerprint density at radius 3 is 2.43 bits per heavy atom. The number of carboxylic acid groups (broad SMARTS) is 1. The molecule has 1 amide bonds. The normalized spacial score (nSPS) is 12.4. The summed E-state index contributed by atoms with van der Waals surface area (Å²) in [5, 5.41) is 11.0. The van der Waals surface area contributed by atoms with Gasteiger partial charge in [-0.15, -0.1) is 0 Å². The summed E-state index contributed by atoms with van der Waals surface area (Å²) in [6, 6.07) is 7.42. The number of sulfonamides is 1. The molecule has 0 heterocycles. The van der Waals surface area contributed by atoms with Crippen LogP contribution in [-0.2, 0) is 26.2 Å². The first-order valence-electron chi connectivity index (χ1n) is 5.92. The van der Waals surface area contributed by atoms with Crippen molar-refractivity contribution in [3.05, 3.63) is 35.9 Å². The molecule has 1 aromatic carbocycles. The quantitative estimate of drug-likeness (QED) is 0.646. The molecule has 21 heavy (non-hydrogen) atoms. The lowest BCUT2D eigenvalue weighted by Crippen LogP contribution is -2.48. The first kappa shape index (κ1) is 16.9. The fourth-order valence-electron chi connectivity index (χ4n) is 1.34. The van der Waals surface area contributed by atoms with Crippen molar-refractivity contribution >= 4 is 22.1 Å². The van der Waals surface area contributed by atoms with E-state index in [1.165, 1.54) is 0 Å². The first-order valence-corrected chi connectivity index (χ1v) is 7.82. The number of amides is 1. The van der Waals surface area contributed by atoms with Gasteiger partial charge in [0, 0.05) is 6.54 Å². The number of ether oxygens (including phenoxy) is 1. The lowest BCUT2D eigenvalue weighted by atomic mass is 10.2. The van der Waals surface area contributed by atoms with E-state index in [2.05, 4.69) is 5.32 Å². The molecule has 0 aliphatic rings. The van der Waals surface area contributed by atoms with E-state index in [-0.39, 0.29) is 6.61 Å². The number of carbonyl (C=O) groups excluding carboxylic acids is 1. The Morgan fingerprint density at radius 2 is 1.90 bits per heavy atom. The van der Waals surface area contributed by atoms with Gasteiger partial charge in [0.15, 0.2) is 0 Å². The van der Waals surface area contributed by atoms with Crippen molar-refractivity contribution in [2.75, 3.05) is 12.8 Å². The molecule has 0 aliphatic heterocycles. The minimum absolute atomic E-state index is 0.0154. The van der Waals surface area contributed by atoms with Gasteiger partial charge in [-0.25, -0.2) is 22.7 Å². The molecule has 116 valence electrons. The van der Waals surface area contributed by atoms with Crippen LogP contribution in [-0.4, -0.2) is 44.4 Å². The smallest absolute Gasteiger partial charge is 0.408 e. The molecule has 0 spiro atoms. The Bertz CT molecular complexity index is 587. The second-order valence-electron chi connectivity index (χ2n) is 4.22. The lowest BCUT2D eigenvalue weighted by Gasteiger charge is -2.14. The van der Waals surface area contributed by atoms with Gasteiger partial charge in [0.25, 0.3) is 0 Å². The molecule has 0 unspecified atom stereocenters. The van der Waals surface area contributed by atoms with Crippen LogP contribution in [0.25, 0.3) is 0 Å². The number of benzene rings is 1. The van der Waals surface area contributed by atoms with Gasteiger partial charge in [-0.1, -0.05) is 30.3 Å². The van der Waals surface area contributed by atoms with E-state index in [4.69, 9.17) is 9.84 Å². The van der Waals surface area contributed by atoms with Crippen molar-refractivity contribution in [1.29, 1.82) is 0 Å². The van der Waals surface area contributed by atoms with Gasteiger partial charge in [-0.05, 0) is 5.56 Å². The molecule has 0 aromatic heterocycles. The predicted octanol–water partition coefficient (Wildman–Crippen LogP) is -0.0848. The highest BCUT2D eigenvalue weighted by molar-refractivity contribution is 7.88. The van der Waals surface area contributed by atoms with Gasteiger partial charge in [-0.3, -0.25) is 0 Å². The summed E-state index contributed by atoms with van der Waals surface area (Å²) in [4.78, 5) is 22.4. The van der Waals surface area contributed by atoms with E-state index in [0.717, 1.165) is 11.8 Å². The van der Waals surface area contributed by atoms with Gasteiger partial charge in [0.05, 0.1) is 6.26 Å². The van der Waals surface area contributed by atoms with Crippen LogP contribution in [0.2, 0.25) is 0 Å². The highest BCUT2D eigenvalue weighted by Crippen LogP contribution is 2.00. The number of hydrogen-bond acceptors (Lipinski definition) is 5. The van der Waals surface area contributed by atoms with Gasteiger partial charge in [0.2, 0.25) is 10.0 Å². The summed E-state index contributed by atoms with van der Waals surface area (Å²) in [5.41, 5.74) is 0.744. The van der Waals surface area contributed by atoms with E-state index in [0.29, 0.717) is 0 Å². The summed E-state index contributed by atoms with van der Waals surface area (Å²) in [6.07, 6.45) is -0.0545. The number of alkyl carbamates (subject to hydrolysis) is 1. The number of nitrogens with one attached hydrogen (secondary N) is 2. The van der Waals surface area contributed by atoms with Crippen molar-refractivity contribution in [3.63, 3.8) is 0 Å². The Morgan fingerprint density at radius 1 is 1.29 bits per heavy atom. The molecule has 0 aliphatic carbocycles. The second kappa shape index (κ2) is 7.60. The fourth-order valence-corrected chi connectivity index (χ4v) is 1.81. The van der Waals surface area contributed by atoms with Crippen LogP contribution in [0.1, 0.15) is 5.56 Å². The molecule has 0 saturated heterocycles. The highest BCUT2D eigenvalue weighted by atomic mass is 32.2. The molecule has 1 rings (SSSR count). The number of aliphatic carboxylic acids is 1. The minimum atomic E-state index is -3.55. The number of carbonyl (C=O) groups is 2. The highest BCUT2D eigenvalue weighted by Gasteiger charge is 2.21. The maximum Gasteiger partial charge on any atom is 0.408 e. The standard InChI is InChI=1S/C12H16N2O6S/c1-21(18,19)13-7-10(11(15)16)14-12(17)20-8-9-5-3-2-4-6-9/h2-6,10,13H,7-8H2,1H3,(H,14,17)(H,15,16)/t10-/m0/s1. The lowest BCUT2D eigenvalue weighted by molar-refractivity contribution is -0.139. The van der Waals surface area contributed by atoms with Crippen LogP contribution in [0.15, 0.2) is 30.3 Å². The molecule has 1 atom stereocenters. The molecule has 8 nitrogen and oxygen atoms in total. The largest absolute Gasteiger partial charge is 0.480 e. The minimum Gasteiger partial charge on any atom is -0.480 e. The summed E-state index contributed by atoms with van der Waals surface area (Å²) < 4.78 is 28.7. The molecule has 0 saturated carbocycles. The van der Waals surface area contributed by atoms with Crippen LogP contribution in [0.4, 0.5) is 4.79 Å². The number of carboxylic acids is 1. The third kappa shape index (κ3) is 7.28. The maximum atomic E-state index is 11.5. The zero-order valence-electron chi connectivity index (χ0n) is 11.3. The van der Waals surface area contributed by atoms with E-state index < -0.39 is 34.7 Å². The molecule has 3 N–H and O–H groups in total. The van der Waals surface area contributed by atoms with Gasteiger partial charge >= 0.3 is 12.1 Å². The van der Waals surface area contributed by atoms with E-state index in [9.17, 15) is 18.0 Å². The molecule has 0 radical (unpaired) electrons. The molecular weight excluding hydrogens is 300 g/mol. The average Bonchev–Trinajstić information content (AvgIpc) is 2.41. The van der Waals surface area contributed by atoms with E-state index in [1.807, 2.05) is 4.72 Å². The van der Waals surface area contributed by atoms with E-state index in [1.54, 1.807) is 30.3 Å². The molecule has 1 aromatic rings. The van der Waals surface area contributed by atoms with Crippen molar-refractivity contribution in [3.8, 4) is 0 Å². The van der Waals surface area contributed by atoms with Gasteiger partial charge in [0.1, 0.15) is 12.6 Å². The SMILES string of the molecule is CS(=O)(=O)NC[C@H](NC(=O)OCc1ccccc1)C(=O)O. The number of rotatable bonds is 7. The third-order valence-electron chi connectivity index (χ3n) is 2.35. The Kier molecular flexibility index (Phi) is 6.12. The topological polar surface area (TPSA) is 122 Å². The summed E-state index contributed by atoms with van der Waals surface area (Å²) in [5.74, 6) is -1.37. The summed E-state index contributed by atoms with van der Waals surface area (Å²) >= 11 is 0. The summed E-state index contributed by atoms with van der Waals surface area (Å²) in [7, 11) is -3.55. The number of hydrogen-bond donors (Lipinski definition) is 3. The monoisotopic (exact) mass is 316 g/mol. The predicted molar refractivity (Wildman–Crippen MR) is 74.0 cm³/mol. The second-order valence-corrected chi connectivity index (χ2v) is 6.05. The average molecular weight is 316 g/mol. The van der Waals surface area contributed by atoms with Crippen molar-refractivity contribution in [2.24, 2.45) is 0 Å². The Balaban J connectivity index is 2.47. The van der Waals surface area contributed by atoms with Crippen molar-refractivity contribution in [2.45, 2.75) is 12.6 Å². The summed E-state index contributed by atoms with van der Waals surface area (Å²) in [6.45, 7) is -0.479. The third-order valence-corrected chi connectivity index (χ3v) is 3.04. The van der Waals surface area contributed by atoms with E-state index >= 15 is 0 Å². The fraction of sp³-hybridized carbons (Fsp3) is 0.333. The van der Waals surface area contributed by atoms with Crippen molar-refractivity contribution in [1.82, 2.24) is 10.0 Å². The van der Waals surface area contributed by atoms with Crippen molar-refractivity contribution < 1.29 is 27.9 Å². The zero-order chi connectivity index (χ0) is 15.9. The van der Waals surface area contributed by atoms with Crippen LogP contribution in [0, 0.1) is 0 Å². The Hall–Kier alpha value is -2.13. The molecule has 0 bridgehead atoms. The molecular formula is C12H16N2O6S. The Labute approximate surface area is 122 Å². The first-order chi connectivity index (χ1) is 9.78. The van der Waals surface area contributed by atoms with Gasteiger partial charge < -0.3 is 15.2 Å².